The molecule has 1 aliphatic rings. The minimum absolute atomic E-state index is 0.0663. The number of nitrogens with zero attached hydrogens (tertiary/aromatic N) is 2. The van der Waals surface area contributed by atoms with Gasteiger partial charge >= 0.3 is 0 Å². The Morgan fingerprint density at radius 3 is 3.06 bits per heavy atom. The first kappa shape index (κ1) is 11.9. The molecule has 18 heavy (non-hydrogen) atoms. The van der Waals surface area contributed by atoms with Crippen molar-refractivity contribution in [2.45, 2.75) is 19.3 Å². The Balaban J connectivity index is 1.87. The van der Waals surface area contributed by atoms with E-state index in [2.05, 4.69) is 26.3 Å². The summed E-state index contributed by atoms with van der Waals surface area (Å²) in [7, 11) is 1.87. The Hall–Kier alpha value is -1.14. The lowest BCUT2D eigenvalue weighted by Crippen LogP contribution is -2.14. The molecule has 94 valence electrons. The van der Waals surface area contributed by atoms with Crippen LogP contribution in [-0.2, 0) is 19.9 Å². The van der Waals surface area contributed by atoms with Gasteiger partial charge in [-0.3, -0.25) is 9.48 Å². The van der Waals surface area contributed by atoms with Crippen LogP contribution in [0.4, 0.5) is 5.82 Å². The zero-order valence-corrected chi connectivity index (χ0v) is 12.3. The maximum Gasteiger partial charge on any atom is 0.266 e. The Labute approximate surface area is 117 Å². The number of fused-ring (bicyclic) bond motifs is 1. The van der Waals surface area contributed by atoms with Crippen molar-refractivity contribution < 1.29 is 4.79 Å². The Morgan fingerprint density at radius 2 is 2.33 bits per heavy atom. The molecule has 0 atom stereocenters. The predicted molar refractivity (Wildman–Crippen MR) is 75.2 cm³/mol. The topological polar surface area (TPSA) is 46.9 Å². The first-order valence-electron chi connectivity index (χ1n) is 5.76. The summed E-state index contributed by atoms with van der Waals surface area (Å²) in [6.07, 6.45) is 3.16. The van der Waals surface area contributed by atoms with Gasteiger partial charge in [-0.15, -0.1) is 11.3 Å². The summed E-state index contributed by atoms with van der Waals surface area (Å²) >= 11 is 4.80. The van der Waals surface area contributed by atoms with Crippen LogP contribution in [0.2, 0.25) is 0 Å². The third-order valence-electron chi connectivity index (χ3n) is 3.10. The molecule has 0 saturated heterocycles. The van der Waals surface area contributed by atoms with Crippen LogP contribution >= 0.6 is 27.3 Å². The van der Waals surface area contributed by atoms with Gasteiger partial charge in [-0.05, 0) is 47.3 Å². The zero-order valence-electron chi connectivity index (χ0n) is 9.86. The van der Waals surface area contributed by atoms with Crippen LogP contribution in [0.25, 0.3) is 0 Å². The van der Waals surface area contributed by atoms with Gasteiger partial charge in [0.15, 0.2) is 0 Å². The van der Waals surface area contributed by atoms with E-state index in [1.165, 1.54) is 16.9 Å². The summed E-state index contributed by atoms with van der Waals surface area (Å²) in [5, 5.41) is 7.41. The molecular formula is C12H12BrN3OS. The van der Waals surface area contributed by atoms with Crippen molar-refractivity contribution in [1.82, 2.24) is 9.78 Å². The molecule has 0 unspecified atom stereocenters. The van der Waals surface area contributed by atoms with Gasteiger partial charge in [0.25, 0.3) is 5.91 Å². The van der Waals surface area contributed by atoms with E-state index in [0.717, 1.165) is 34.6 Å². The van der Waals surface area contributed by atoms with Crippen LogP contribution < -0.4 is 5.32 Å². The summed E-state index contributed by atoms with van der Waals surface area (Å²) < 4.78 is 2.73. The van der Waals surface area contributed by atoms with Gasteiger partial charge in [-0.1, -0.05) is 0 Å². The van der Waals surface area contributed by atoms with Crippen LogP contribution in [-0.4, -0.2) is 15.7 Å². The number of anilines is 1. The molecule has 1 amide bonds. The lowest BCUT2D eigenvalue weighted by atomic mass is 10.2. The Morgan fingerprint density at radius 1 is 1.50 bits per heavy atom. The van der Waals surface area contributed by atoms with Crippen molar-refractivity contribution in [2.75, 3.05) is 5.32 Å². The number of aryl methyl sites for hydroxylation is 2. The average molecular weight is 326 g/mol. The van der Waals surface area contributed by atoms with Gasteiger partial charge in [-0.25, -0.2) is 0 Å². The van der Waals surface area contributed by atoms with Crippen molar-refractivity contribution in [3.05, 3.63) is 32.1 Å². The van der Waals surface area contributed by atoms with Crippen molar-refractivity contribution in [3.63, 3.8) is 0 Å². The summed E-state index contributed by atoms with van der Waals surface area (Å²) in [6, 6.07) is 3.70. The van der Waals surface area contributed by atoms with E-state index < -0.39 is 0 Å². The van der Waals surface area contributed by atoms with Crippen LogP contribution in [0.1, 0.15) is 27.3 Å². The fraction of sp³-hybridized carbons (Fsp3) is 0.333. The fourth-order valence-electron chi connectivity index (χ4n) is 2.28. The molecule has 0 radical (unpaired) electrons. The largest absolute Gasteiger partial charge is 0.306 e. The van der Waals surface area contributed by atoms with Crippen molar-refractivity contribution in [2.24, 2.45) is 7.05 Å². The molecule has 0 aliphatic heterocycles. The van der Waals surface area contributed by atoms with Crippen LogP contribution in [0.3, 0.4) is 0 Å². The highest BCUT2D eigenvalue weighted by Gasteiger charge is 2.22. The number of halogens is 1. The van der Waals surface area contributed by atoms with Crippen LogP contribution in [0, 0.1) is 0 Å². The molecule has 1 N–H and O–H groups in total. The molecule has 1 aliphatic carbocycles. The number of carbonyl (C=O) groups excluding carboxylic acids is 1. The molecule has 0 aromatic carbocycles. The van der Waals surface area contributed by atoms with Gasteiger partial charge in [0.2, 0.25) is 0 Å². The number of amides is 1. The Kier molecular flexibility index (Phi) is 2.99. The number of hydrogen-bond acceptors (Lipinski definition) is 3. The minimum Gasteiger partial charge on any atom is -0.306 e. The highest BCUT2D eigenvalue weighted by molar-refractivity contribution is 9.11. The highest BCUT2D eigenvalue weighted by Crippen LogP contribution is 2.29. The fourth-order valence-corrected chi connectivity index (χ4v) is 3.56. The second kappa shape index (κ2) is 4.51. The normalized spacial score (nSPS) is 13.7. The summed E-state index contributed by atoms with van der Waals surface area (Å²) in [5.74, 6) is 0.778. The monoisotopic (exact) mass is 325 g/mol. The third-order valence-corrected chi connectivity index (χ3v) is 4.72. The molecule has 3 rings (SSSR count). The first-order valence-corrected chi connectivity index (χ1v) is 7.37. The summed E-state index contributed by atoms with van der Waals surface area (Å²) in [5.41, 5.74) is 2.32. The second-order valence-electron chi connectivity index (χ2n) is 4.31. The van der Waals surface area contributed by atoms with Crippen LogP contribution in [0.5, 0.6) is 0 Å². The number of carbonyl (C=O) groups is 1. The smallest absolute Gasteiger partial charge is 0.266 e. The maximum atomic E-state index is 12.1. The van der Waals surface area contributed by atoms with Crippen molar-refractivity contribution in [1.29, 1.82) is 0 Å². The van der Waals surface area contributed by atoms with Crippen molar-refractivity contribution >= 4 is 39.0 Å². The predicted octanol–water partition coefficient (Wildman–Crippen LogP) is 2.99. The van der Waals surface area contributed by atoms with Gasteiger partial charge < -0.3 is 5.32 Å². The van der Waals surface area contributed by atoms with Gasteiger partial charge in [0.05, 0.1) is 14.4 Å². The molecule has 2 aromatic heterocycles. The minimum atomic E-state index is -0.0663. The first-order chi connectivity index (χ1) is 8.65. The quantitative estimate of drug-likeness (QED) is 0.922. The van der Waals surface area contributed by atoms with E-state index in [1.807, 2.05) is 19.2 Å². The molecular weight excluding hydrogens is 314 g/mol. The van der Waals surface area contributed by atoms with E-state index in [9.17, 15) is 4.79 Å². The maximum absolute atomic E-state index is 12.1. The van der Waals surface area contributed by atoms with E-state index in [0.29, 0.717) is 4.88 Å². The molecule has 4 nitrogen and oxygen atoms in total. The molecule has 0 spiro atoms. The number of hydrogen-bond donors (Lipinski definition) is 1. The zero-order chi connectivity index (χ0) is 12.7. The number of rotatable bonds is 2. The van der Waals surface area contributed by atoms with Gasteiger partial charge in [0.1, 0.15) is 5.82 Å². The third kappa shape index (κ3) is 1.99. The molecule has 0 bridgehead atoms. The second-order valence-corrected chi connectivity index (χ2v) is 6.77. The Bertz CT molecular complexity index is 617. The molecule has 0 fully saturated rings. The SMILES string of the molecule is Cn1nc2c(c1NC(=O)c1ccc(Br)s1)CCC2. The average Bonchev–Trinajstić information content (AvgIpc) is 2.99. The molecule has 6 heteroatoms. The number of nitrogens with one attached hydrogen (secondary N) is 1. The lowest BCUT2D eigenvalue weighted by molar-refractivity contribution is 0.102. The molecule has 2 aromatic rings. The van der Waals surface area contributed by atoms with E-state index in [-0.39, 0.29) is 5.91 Å². The van der Waals surface area contributed by atoms with Crippen LogP contribution in [0.15, 0.2) is 15.9 Å². The standard InChI is InChI=1S/C12H12BrN3OS/c1-16-11(7-3-2-4-8(7)15-16)14-12(17)9-5-6-10(13)18-9/h5-6H,2-4H2,1H3,(H,14,17). The highest BCUT2D eigenvalue weighted by atomic mass is 79.9. The van der Waals surface area contributed by atoms with Gasteiger partial charge in [-0.2, -0.15) is 5.10 Å². The van der Waals surface area contributed by atoms with Crippen molar-refractivity contribution in [3.8, 4) is 0 Å². The lowest BCUT2D eigenvalue weighted by Gasteiger charge is -2.06. The molecule has 2 heterocycles. The number of thiophene rings is 1. The summed E-state index contributed by atoms with van der Waals surface area (Å²) in [6.45, 7) is 0. The number of aromatic nitrogens is 2. The summed E-state index contributed by atoms with van der Waals surface area (Å²) in [4.78, 5) is 12.8. The molecule has 0 saturated carbocycles. The van der Waals surface area contributed by atoms with Gasteiger partial charge in [0, 0.05) is 12.6 Å². The van der Waals surface area contributed by atoms with E-state index in [1.54, 1.807) is 4.68 Å². The van der Waals surface area contributed by atoms with E-state index in [4.69, 9.17) is 0 Å². The van der Waals surface area contributed by atoms with E-state index >= 15 is 0 Å².